The molecule has 2 atom stereocenters. The molecular weight excluding hydrogens is 504 g/mol. The number of ether oxygens (including phenoxy) is 1. The van der Waals surface area contributed by atoms with Crippen LogP contribution in [0.25, 0.3) is 0 Å². The number of carbonyl (C=O) groups excluding carboxylic acids is 3. The predicted molar refractivity (Wildman–Crippen MR) is 132 cm³/mol. The molecule has 3 amide bonds. The molecule has 0 bridgehead atoms. The first-order valence-corrected chi connectivity index (χ1v) is 12.3. The highest BCUT2D eigenvalue weighted by Crippen LogP contribution is 2.31. The summed E-state index contributed by atoms with van der Waals surface area (Å²) in [5, 5.41) is 2.80. The number of halogens is 2. The quantitative estimate of drug-likeness (QED) is 0.389. The van der Waals surface area contributed by atoms with Gasteiger partial charge in [0.05, 0.1) is 18.3 Å². The highest BCUT2D eigenvalue weighted by Gasteiger charge is 2.35. The van der Waals surface area contributed by atoms with Gasteiger partial charge in [-0.3, -0.25) is 14.4 Å². The Morgan fingerprint density at radius 1 is 1.16 bits per heavy atom. The summed E-state index contributed by atoms with van der Waals surface area (Å²) in [4.78, 5) is 40.0. The minimum atomic E-state index is -1.30. The number of carbonyl (C=O) groups is 3. The Balaban J connectivity index is 1.77. The Morgan fingerprint density at radius 2 is 1.89 bits per heavy atom. The van der Waals surface area contributed by atoms with Crippen LogP contribution in [0.4, 0.5) is 14.5 Å². The molecule has 1 aliphatic rings. The molecule has 0 unspecified atom stereocenters. The first-order chi connectivity index (χ1) is 17.8. The molecule has 37 heavy (non-hydrogen) atoms. The average molecular weight is 530 g/mol. The van der Waals surface area contributed by atoms with Crippen LogP contribution in [0.5, 0.6) is 0 Å². The van der Waals surface area contributed by atoms with E-state index in [1.54, 1.807) is 6.07 Å². The van der Waals surface area contributed by atoms with Gasteiger partial charge in [0.2, 0.25) is 5.91 Å². The molecular formula is C25H25F2N5O4S. The Hall–Kier alpha value is -3.90. The van der Waals surface area contributed by atoms with Crippen LogP contribution in [0.15, 0.2) is 48.5 Å². The Kier molecular flexibility index (Phi) is 8.09. The molecule has 2 aromatic carbocycles. The summed E-state index contributed by atoms with van der Waals surface area (Å²) in [7, 11) is 0. The van der Waals surface area contributed by atoms with Gasteiger partial charge in [-0.1, -0.05) is 30.3 Å². The van der Waals surface area contributed by atoms with Gasteiger partial charge >= 0.3 is 0 Å². The van der Waals surface area contributed by atoms with E-state index in [-0.39, 0.29) is 46.6 Å². The van der Waals surface area contributed by atoms with Gasteiger partial charge in [0.1, 0.15) is 22.6 Å². The molecule has 3 aromatic rings. The van der Waals surface area contributed by atoms with Crippen molar-refractivity contribution >= 4 is 34.9 Å². The van der Waals surface area contributed by atoms with E-state index in [9.17, 15) is 23.2 Å². The number of nitrogen functional groups attached to an aromatic ring is 1. The lowest BCUT2D eigenvalue weighted by atomic mass is 10.0. The van der Waals surface area contributed by atoms with Crippen LogP contribution in [-0.4, -0.2) is 46.3 Å². The second kappa shape index (κ2) is 11.4. The molecule has 1 aliphatic heterocycles. The normalized spacial score (nSPS) is 15.8. The molecule has 9 nitrogen and oxygen atoms in total. The Labute approximate surface area is 215 Å². The SMILES string of the molecule is NC(=O)c1nsc(C(=O)N(Cc2ccccc2F)[C@@H](C(=O)NC[C@H]2CCCO2)c2ccc(F)cc2)c1N. The van der Waals surface area contributed by atoms with Gasteiger partial charge in [0.25, 0.3) is 11.8 Å². The van der Waals surface area contributed by atoms with Gasteiger partial charge < -0.3 is 26.4 Å². The number of anilines is 1. The molecule has 12 heteroatoms. The lowest BCUT2D eigenvalue weighted by molar-refractivity contribution is -0.126. The van der Waals surface area contributed by atoms with E-state index < -0.39 is 35.4 Å². The van der Waals surface area contributed by atoms with Crippen molar-refractivity contribution in [3.05, 3.63) is 81.9 Å². The highest BCUT2D eigenvalue weighted by atomic mass is 32.1. The topological polar surface area (TPSA) is 141 Å². The molecule has 0 aliphatic carbocycles. The van der Waals surface area contributed by atoms with Crippen molar-refractivity contribution in [2.24, 2.45) is 5.73 Å². The van der Waals surface area contributed by atoms with Gasteiger partial charge in [-0.25, -0.2) is 8.78 Å². The lowest BCUT2D eigenvalue weighted by Crippen LogP contribution is -2.45. The van der Waals surface area contributed by atoms with E-state index >= 15 is 0 Å². The molecule has 4 rings (SSSR count). The van der Waals surface area contributed by atoms with Crippen LogP contribution in [0.2, 0.25) is 0 Å². The highest BCUT2D eigenvalue weighted by molar-refractivity contribution is 7.09. The van der Waals surface area contributed by atoms with Gasteiger partial charge in [-0.2, -0.15) is 4.37 Å². The van der Waals surface area contributed by atoms with E-state index in [1.165, 1.54) is 30.3 Å². The third kappa shape index (κ3) is 5.92. The van der Waals surface area contributed by atoms with Crippen LogP contribution < -0.4 is 16.8 Å². The second-order valence-electron chi connectivity index (χ2n) is 8.50. The van der Waals surface area contributed by atoms with Crippen molar-refractivity contribution in [3.8, 4) is 0 Å². The zero-order valence-corrected chi connectivity index (χ0v) is 20.5. The smallest absolute Gasteiger partial charge is 0.270 e. The van der Waals surface area contributed by atoms with Gasteiger partial charge in [-0.15, -0.1) is 0 Å². The third-order valence-electron chi connectivity index (χ3n) is 5.99. The van der Waals surface area contributed by atoms with E-state index in [0.717, 1.165) is 29.9 Å². The van der Waals surface area contributed by atoms with Crippen LogP contribution in [0.3, 0.4) is 0 Å². The van der Waals surface area contributed by atoms with E-state index in [2.05, 4.69) is 9.69 Å². The number of nitrogens with one attached hydrogen (secondary N) is 1. The summed E-state index contributed by atoms with van der Waals surface area (Å²) in [6, 6.07) is 9.57. The Bertz CT molecular complexity index is 1290. The summed E-state index contributed by atoms with van der Waals surface area (Å²) in [5.41, 5.74) is 11.2. The van der Waals surface area contributed by atoms with Crippen molar-refractivity contribution in [3.63, 3.8) is 0 Å². The number of primary amides is 1. The minimum absolute atomic E-state index is 0.132. The summed E-state index contributed by atoms with van der Waals surface area (Å²) in [5.74, 6) is -3.39. The van der Waals surface area contributed by atoms with Gasteiger partial charge in [0.15, 0.2) is 5.69 Å². The summed E-state index contributed by atoms with van der Waals surface area (Å²) in [6.45, 7) is 0.462. The number of benzene rings is 2. The van der Waals surface area contributed by atoms with E-state index in [0.29, 0.717) is 18.1 Å². The molecule has 0 radical (unpaired) electrons. The Morgan fingerprint density at radius 3 is 2.51 bits per heavy atom. The van der Waals surface area contributed by atoms with Gasteiger partial charge in [-0.05, 0) is 48.1 Å². The average Bonchev–Trinajstić information content (AvgIpc) is 3.54. The fraction of sp³-hybridized carbons (Fsp3) is 0.280. The molecule has 194 valence electrons. The maximum Gasteiger partial charge on any atom is 0.270 e. The molecule has 0 saturated carbocycles. The summed E-state index contributed by atoms with van der Waals surface area (Å²) >= 11 is 0.644. The van der Waals surface area contributed by atoms with Crippen LogP contribution in [0, 0.1) is 11.6 Å². The van der Waals surface area contributed by atoms with E-state index in [1.807, 2.05) is 0 Å². The fourth-order valence-corrected chi connectivity index (χ4v) is 4.85. The van der Waals surface area contributed by atoms with Crippen LogP contribution >= 0.6 is 11.5 Å². The zero-order valence-electron chi connectivity index (χ0n) is 19.7. The van der Waals surface area contributed by atoms with Crippen molar-refractivity contribution in [2.75, 3.05) is 18.9 Å². The molecule has 2 heterocycles. The number of aromatic nitrogens is 1. The molecule has 5 N–H and O–H groups in total. The largest absolute Gasteiger partial charge is 0.395 e. The summed E-state index contributed by atoms with van der Waals surface area (Å²) in [6.07, 6.45) is 1.46. The van der Waals surface area contributed by atoms with E-state index in [4.69, 9.17) is 16.2 Å². The number of nitrogens with zero attached hydrogens (tertiary/aromatic N) is 2. The minimum Gasteiger partial charge on any atom is -0.395 e. The number of hydrogen-bond donors (Lipinski definition) is 3. The molecule has 1 saturated heterocycles. The molecule has 1 fully saturated rings. The monoisotopic (exact) mass is 529 g/mol. The van der Waals surface area contributed by atoms with Crippen molar-refractivity contribution in [1.29, 1.82) is 0 Å². The molecule has 1 aromatic heterocycles. The number of amides is 3. The van der Waals surface area contributed by atoms with Crippen LogP contribution in [-0.2, 0) is 16.1 Å². The van der Waals surface area contributed by atoms with Gasteiger partial charge in [0, 0.05) is 18.7 Å². The lowest BCUT2D eigenvalue weighted by Gasteiger charge is -2.31. The van der Waals surface area contributed by atoms with Crippen LogP contribution in [0.1, 0.15) is 50.2 Å². The first-order valence-electron chi connectivity index (χ1n) is 11.5. The first kappa shape index (κ1) is 26.2. The second-order valence-corrected chi connectivity index (χ2v) is 9.27. The third-order valence-corrected chi connectivity index (χ3v) is 6.84. The summed E-state index contributed by atoms with van der Waals surface area (Å²) < 4.78 is 37.9. The zero-order chi connectivity index (χ0) is 26.5. The standard InChI is InChI=1S/C25H25F2N5O4S/c26-16-9-7-14(8-10-16)21(24(34)30-12-17-5-3-11-36-17)32(13-15-4-1-2-6-18(15)27)25(35)22-19(28)20(23(29)33)31-37-22/h1-2,4,6-10,17,21H,3,5,11-13,28H2,(H2,29,33)(H,30,34)/t17-,21-/m1/s1. The predicted octanol–water partition coefficient (Wildman–Crippen LogP) is 2.78. The fourth-order valence-electron chi connectivity index (χ4n) is 4.08. The number of nitrogens with two attached hydrogens (primary N) is 2. The van der Waals surface area contributed by atoms with Crippen molar-refractivity contribution in [2.45, 2.75) is 31.5 Å². The maximum atomic E-state index is 14.7. The van der Waals surface area contributed by atoms with Crippen molar-refractivity contribution < 1.29 is 27.9 Å². The number of rotatable bonds is 9. The molecule has 0 spiro atoms. The maximum absolute atomic E-state index is 14.7. The van der Waals surface area contributed by atoms with Crippen molar-refractivity contribution in [1.82, 2.24) is 14.6 Å². The number of hydrogen-bond acceptors (Lipinski definition) is 7.